The number of rotatable bonds is 5. The number of phenols is 1. The van der Waals surface area contributed by atoms with E-state index in [4.69, 9.17) is 16.7 Å². The lowest BCUT2D eigenvalue weighted by Crippen LogP contribution is -2.28. The zero-order valence-corrected chi connectivity index (χ0v) is 12.9. The molecule has 5 nitrogen and oxygen atoms in total. The van der Waals surface area contributed by atoms with Crippen molar-refractivity contribution >= 4 is 23.3 Å². The molecule has 0 atom stereocenters. The van der Waals surface area contributed by atoms with Crippen molar-refractivity contribution in [3.8, 4) is 5.75 Å². The molecule has 0 bridgehead atoms. The van der Waals surface area contributed by atoms with Gasteiger partial charge in [0.25, 0.3) is 5.91 Å². The van der Waals surface area contributed by atoms with Crippen LogP contribution in [0, 0.1) is 0 Å². The molecule has 0 aliphatic heterocycles. The molecule has 0 unspecified atom stereocenters. The van der Waals surface area contributed by atoms with Crippen LogP contribution in [0.15, 0.2) is 36.5 Å². The number of aromatic hydroxyl groups is 1. The molecular formula is C15H13ClF3N3O2. The van der Waals surface area contributed by atoms with Crippen LogP contribution in [-0.2, 0) is 6.18 Å². The average molecular weight is 360 g/mol. The number of phenolic OH excluding ortho intramolecular Hbond substituents is 1. The molecule has 2 rings (SSSR count). The van der Waals surface area contributed by atoms with Crippen LogP contribution in [0.1, 0.15) is 15.9 Å². The van der Waals surface area contributed by atoms with Gasteiger partial charge < -0.3 is 15.7 Å². The second-order valence-corrected chi connectivity index (χ2v) is 5.19. The Morgan fingerprint density at radius 2 is 1.88 bits per heavy atom. The molecular weight excluding hydrogens is 347 g/mol. The first-order valence-electron chi connectivity index (χ1n) is 6.81. The van der Waals surface area contributed by atoms with Gasteiger partial charge in [-0.05, 0) is 30.3 Å². The van der Waals surface area contributed by atoms with Crippen LogP contribution in [-0.4, -0.2) is 29.1 Å². The molecule has 1 aromatic carbocycles. The maximum absolute atomic E-state index is 12.5. The van der Waals surface area contributed by atoms with E-state index < -0.39 is 11.7 Å². The normalized spacial score (nSPS) is 11.2. The molecule has 9 heteroatoms. The van der Waals surface area contributed by atoms with E-state index >= 15 is 0 Å². The Morgan fingerprint density at radius 1 is 1.21 bits per heavy atom. The third kappa shape index (κ3) is 4.76. The number of aromatic nitrogens is 1. The molecule has 0 radical (unpaired) electrons. The van der Waals surface area contributed by atoms with Crippen molar-refractivity contribution in [2.45, 2.75) is 6.18 Å². The first-order chi connectivity index (χ1) is 11.3. The molecule has 0 aliphatic carbocycles. The van der Waals surface area contributed by atoms with Gasteiger partial charge in [0.05, 0.1) is 10.6 Å². The van der Waals surface area contributed by atoms with E-state index in [1.165, 1.54) is 24.3 Å². The zero-order chi connectivity index (χ0) is 17.7. The first-order valence-corrected chi connectivity index (χ1v) is 7.19. The maximum Gasteiger partial charge on any atom is 0.417 e. The van der Waals surface area contributed by atoms with E-state index in [9.17, 15) is 18.0 Å². The topological polar surface area (TPSA) is 74.2 Å². The van der Waals surface area contributed by atoms with E-state index in [1.54, 1.807) is 0 Å². The highest BCUT2D eigenvalue weighted by Crippen LogP contribution is 2.32. The van der Waals surface area contributed by atoms with Gasteiger partial charge in [0.1, 0.15) is 11.6 Å². The van der Waals surface area contributed by atoms with Crippen LogP contribution >= 0.6 is 11.6 Å². The van der Waals surface area contributed by atoms with Crippen LogP contribution in [0.5, 0.6) is 5.75 Å². The largest absolute Gasteiger partial charge is 0.508 e. The van der Waals surface area contributed by atoms with E-state index in [0.29, 0.717) is 11.8 Å². The molecule has 128 valence electrons. The summed E-state index contributed by atoms with van der Waals surface area (Å²) in [5, 5.41) is 14.3. The standard InChI is InChI=1S/C15H13ClF3N3O2/c16-12-7-10(15(17,18)19)8-22-13(12)20-5-6-21-14(24)9-1-3-11(23)4-2-9/h1-4,7-8,23H,5-6H2,(H,20,22)(H,21,24). The summed E-state index contributed by atoms with van der Waals surface area (Å²) in [5.74, 6) is -0.192. The molecule has 1 heterocycles. The number of nitrogens with zero attached hydrogens (tertiary/aromatic N) is 1. The molecule has 3 N–H and O–H groups in total. The van der Waals surface area contributed by atoms with E-state index in [-0.39, 0.29) is 35.6 Å². The quantitative estimate of drug-likeness (QED) is 0.716. The number of hydrogen-bond donors (Lipinski definition) is 3. The highest BCUT2D eigenvalue weighted by molar-refractivity contribution is 6.32. The smallest absolute Gasteiger partial charge is 0.417 e. The first kappa shape index (κ1) is 17.9. The highest BCUT2D eigenvalue weighted by atomic mass is 35.5. The molecule has 0 saturated heterocycles. The predicted molar refractivity (Wildman–Crippen MR) is 83.2 cm³/mol. The van der Waals surface area contributed by atoms with Gasteiger partial charge in [0.2, 0.25) is 0 Å². The van der Waals surface area contributed by atoms with Crippen LogP contribution in [0.4, 0.5) is 19.0 Å². The molecule has 0 fully saturated rings. The van der Waals surface area contributed by atoms with Crippen LogP contribution < -0.4 is 10.6 Å². The van der Waals surface area contributed by atoms with Gasteiger partial charge in [-0.25, -0.2) is 4.98 Å². The summed E-state index contributed by atoms with van der Waals surface area (Å²) >= 11 is 5.75. The number of anilines is 1. The van der Waals surface area contributed by atoms with Crippen molar-refractivity contribution in [1.29, 1.82) is 0 Å². The lowest BCUT2D eigenvalue weighted by atomic mass is 10.2. The number of nitrogens with one attached hydrogen (secondary N) is 2. The molecule has 1 amide bonds. The van der Waals surface area contributed by atoms with Gasteiger partial charge in [0.15, 0.2) is 0 Å². The Labute approximate surface area is 140 Å². The van der Waals surface area contributed by atoms with E-state index in [1.807, 2.05) is 0 Å². The number of benzene rings is 1. The summed E-state index contributed by atoms with van der Waals surface area (Å²) in [4.78, 5) is 15.4. The monoisotopic (exact) mass is 359 g/mol. The maximum atomic E-state index is 12.5. The van der Waals surface area contributed by atoms with Crippen molar-refractivity contribution in [3.63, 3.8) is 0 Å². The summed E-state index contributed by atoms with van der Waals surface area (Å²) in [6, 6.07) is 6.49. The summed E-state index contributed by atoms with van der Waals surface area (Å²) in [7, 11) is 0. The highest BCUT2D eigenvalue weighted by Gasteiger charge is 2.31. The van der Waals surface area contributed by atoms with Gasteiger partial charge in [-0.3, -0.25) is 4.79 Å². The van der Waals surface area contributed by atoms with Crippen molar-refractivity contribution in [3.05, 3.63) is 52.7 Å². The molecule has 1 aromatic heterocycles. The summed E-state index contributed by atoms with van der Waals surface area (Å²) in [6.07, 6.45) is -3.82. The fourth-order valence-corrected chi connectivity index (χ4v) is 2.03. The van der Waals surface area contributed by atoms with Gasteiger partial charge in [-0.2, -0.15) is 13.2 Å². The van der Waals surface area contributed by atoms with Crippen molar-refractivity contribution in [2.24, 2.45) is 0 Å². The van der Waals surface area contributed by atoms with Gasteiger partial charge >= 0.3 is 6.18 Å². The Balaban J connectivity index is 1.84. The number of amides is 1. The number of carbonyl (C=O) groups excluding carboxylic acids is 1. The minimum Gasteiger partial charge on any atom is -0.508 e. The number of hydrogen-bond acceptors (Lipinski definition) is 4. The van der Waals surface area contributed by atoms with Gasteiger partial charge in [-0.1, -0.05) is 11.6 Å². The Hall–Kier alpha value is -2.48. The minimum atomic E-state index is -4.51. The number of alkyl halides is 3. The summed E-state index contributed by atoms with van der Waals surface area (Å²) in [5.41, 5.74) is -0.558. The summed E-state index contributed by atoms with van der Waals surface area (Å²) < 4.78 is 37.5. The Morgan fingerprint density at radius 3 is 2.46 bits per heavy atom. The van der Waals surface area contributed by atoms with Crippen molar-refractivity contribution in [1.82, 2.24) is 10.3 Å². The number of halogens is 4. The number of carbonyl (C=O) groups is 1. The fourth-order valence-electron chi connectivity index (χ4n) is 1.79. The minimum absolute atomic E-state index is 0.0521. The third-order valence-corrected chi connectivity index (χ3v) is 3.29. The summed E-state index contributed by atoms with van der Waals surface area (Å²) in [6.45, 7) is 0.431. The van der Waals surface area contributed by atoms with Crippen LogP contribution in [0.25, 0.3) is 0 Å². The van der Waals surface area contributed by atoms with Crippen molar-refractivity contribution < 1.29 is 23.1 Å². The zero-order valence-electron chi connectivity index (χ0n) is 12.2. The van der Waals surface area contributed by atoms with Gasteiger partial charge in [-0.15, -0.1) is 0 Å². The van der Waals surface area contributed by atoms with Gasteiger partial charge in [0, 0.05) is 24.8 Å². The average Bonchev–Trinajstić information content (AvgIpc) is 2.52. The van der Waals surface area contributed by atoms with Crippen LogP contribution in [0.2, 0.25) is 5.02 Å². The fraction of sp³-hybridized carbons (Fsp3) is 0.200. The molecule has 0 aliphatic rings. The predicted octanol–water partition coefficient (Wildman–Crippen LogP) is 3.30. The van der Waals surface area contributed by atoms with E-state index in [2.05, 4.69) is 15.6 Å². The third-order valence-electron chi connectivity index (χ3n) is 3.00. The lowest BCUT2D eigenvalue weighted by molar-refractivity contribution is -0.137. The molecule has 24 heavy (non-hydrogen) atoms. The number of pyridine rings is 1. The molecule has 2 aromatic rings. The Kier molecular flexibility index (Phi) is 5.50. The lowest BCUT2D eigenvalue weighted by Gasteiger charge is -2.11. The van der Waals surface area contributed by atoms with E-state index in [0.717, 1.165) is 6.07 Å². The SMILES string of the molecule is O=C(NCCNc1ncc(C(F)(F)F)cc1Cl)c1ccc(O)cc1. The molecule has 0 spiro atoms. The van der Waals surface area contributed by atoms with Crippen molar-refractivity contribution in [2.75, 3.05) is 18.4 Å². The second kappa shape index (κ2) is 7.39. The second-order valence-electron chi connectivity index (χ2n) is 4.78. The van der Waals surface area contributed by atoms with Crippen LogP contribution in [0.3, 0.4) is 0 Å². The molecule has 0 saturated carbocycles. The Bertz CT molecular complexity index is 721.